The van der Waals surface area contributed by atoms with Crippen molar-refractivity contribution >= 4 is 23.1 Å². The summed E-state index contributed by atoms with van der Waals surface area (Å²) in [6.07, 6.45) is 1.61. The largest absolute Gasteiger partial charge is 0.383 e. The molecule has 2 aromatic rings. The van der Waals surface area contributed by atoms with E-state index in [2.05, 4.69) is 33.4 Å². The molecule has 0 unspecified atom stereocenters. The van der Waals surface area contributed by atoms with E-state index in [4.69, 9.17) is 5.73 Å². The highest BCUT2D eigenvalue weighted by molar-refractivity contribution is 6.07. The van der Waals surface area contributed by atoms with Crippen molar-refractivity contribution in [2.45, 2.75) is 26.2 Å². The van der Waals surface area contributed by atoms with Gasteiger partial charge in [0, 0.05) is 28.6 Å². The Morgan fingerprint density at radius 3 is 2.67 bits per heavy atom. The number of fused-ring (bicyclic) bond motifs is 1. The van der Waals surface area contributed by atoms with Crippen molar-refractivity contribution in [2.24, 2.45) is 0 Å². The third-order valence-corrected chi connectivity index (χ3v) is 4.56. The zero-order valence-electron chi connectivity index (χ0n) is 14.0. The molecule has 1 aliphatic heterocycles. The number of rotatable bonds is 3. The van der Waals surface area contributed by atoms with Crippen LogP contribution in [0.4, 0.5) is 11.6 Å². The fourth-order valence-corrected chi connectivity index (χ4v) is 2.94. The third-order valence-electron chi connectivity index (χ3n) is 4.56. The number of amides is 1. The summed E-state index contributed by atoms with van der Waals surface area (Å²) in [6.45, 7) is 13.5. The first-order chi connectivity index (χ1) is 11.3. The number of nitrogens with zero attached hydrogens (tertiary/aromatic N) is 3. The zero-order chi connectivity index (χ0) is 17.6. The summed E-state index contributed by atoms with van der Waals surface area (Å²) in [5.41, 5.74) is 8.52. The molecule has 1 atom stereocenters. The van der Waals surface area contributed by atoms with Crippen molar-refractivity contribution in [3.8, 4) is 0 Å². The molecule has 1 aliphatic rings. The van der Waals surface area contributed by atoms with E-state index in [1.807, 2.05) is 26.8 Å². The van der Waals surface area contributed by atoms with Gasteiger partial charge in [-0.05, 0) is 32.9 Å². The van der Waals surface area contributed by atoms with E-state index in [0.717, 1.165) is 11.1 Å². The van der Waals surface area contributed by atoms with Crippen LogP contribution in [-0.4, -0.2) is 20.9 Å². The minimum Gasteiger partial charge on any atom is -0.383 e. The molecule has 0 radical (unpaired) electrons. The minimum absolute atomic E-state index is 0.147. The number of anilines is 2. The van der Waals surface area contributed by atoms with E-state index >= 15 is 0 Å². The zero-order valence-corrected chi connectivity index (χ0v) is 14.0. The Morgan fingerprint density at radius 1 is 1.33 bits per heavy atom. The third kappa shape index (κ3) is 2.11. The number of hydrogen-bond acceptors (Lipinski definition) is 5. The highest BCUT2D eigenvalue weighted by atomic mass is 16.2. The maximum Gasteiger partial charge on any atom is 0.240 e. The van der Waals surface area contributed by atoms with Gasteiger partial charge in [0.25, 0.3) is 0 Å². The first-order valence-electron chi connectivity index (χ1n) is 7.53. The number of nitrogens with one attached hydrogen (secondary N) is 1. The Hall–Kier alpha value is -3.02. The molecule has 0 bridgehead atoms. The Labute approximate surface area is 140 Å². The van der Waals surface area contributed by atoms with Gasteiger partial charge in [0.1, 0.15) is 11.6 Å². The lowest BCUT2D eigenvalue weighted by atomic mass is 9.78. The second kappa shape index (κ2) is 5.26. The molecule has 24 heavy (non-hydrogen) atoms. The summed E-state index contributed by atoms with van der Waals surface area (Å²) in [5, 5.41) is 2.83. The molecule has 0 spiro atoms. The molecular formula is C18H19N5O. The van der Waals surface area contributed by atoms with Gasteiger partial charge in [0.05, 0.1) is 5.41 Å². The summed E-state index contributed by atoms with van der Waals surface area (Å²) >= 11 is 0. The quantitative estimate of drug-likeness (QED) is 0.848. The van der Waals surface area contributed by atoms with Gasteiger partial charge < -0.3 is 11.1 Å². The molecule has 0 fully saturated rings. The van der Waals surface area contributed by atoms with Crippen molar-refractivity contribution in [3.05, 3.63) is 59.7 Å². The van der Waals surface area contributed by atoms with Crippen LogP contribution in [0.1, 0.15) is 36.5 Å². The smallest absolute Gasteiger partial charge is 0.240 e. The fraction of sp³-hybridized carbons (Fsp3) is 0.222. The van der Waals surface area contributed by atoms with Crippen molar-refractivity contribution in [3.63, 3.8) is 0 Å². The number of aryl methyl sites for hydroxylation is 1. The van der Waals surface area contributed by atoms with Crippen molar-refractivity contribution in [1.82, 2.24) is 15.0 Å². The van der Waals surface area contributed by atoms with Crippen LogP contribution in [-0.2, 0) is 10.2 Å². The van der Waals surface area contributed by atoms with E-state index in [-0.39, 0.29) is 5.91 Å². The van der Waals surface area contributed by atoms with Crippen LogP contribution < -0.4 is 11.1 Å². The Kier molecular flexibility index (Phi) is 3.48. The highest BCUT2D eigenvalue weighted by Crippen LogP contribution is 2.43. The minimum atomic E-state index is -0.827. The Morgan fingerprint density at radius 2 is 2.04 bits per heavy atom. The number of carbonyl (C=O) groups excluding carboxylic acids is 1. The normalized spacial score (nSPS) is 18.9. The molecule has 3 heterocycles. The van der Waals surface area contributed by atoms with E-state index < -0.39 is 5.41 Å². The number of nitrogen functional groups attached to an aromatic ring is 1. The van der Waals surface area contributed by atoms with Gasteiger partial charge in [0.15, 0.2) is 5.82 Å². The predicted molar refractivity (Wildman–Crippen MR) is 94.4 cm³/mol. The molecule has 0 saturated heterocycles. The second-order valence-corrected chi connectivity index (χ2v) is 6.13. The highest BCUT2D eigenvalue weighted by Gasteiger charge is 2.46. The number of nitrogens with two attached hydrogens (primary N) is 1. The van der Waals surface area contributed by atoms with Gasteiger partial charge in [-0.1, -0.05) is 18.7 Å². The van der Waals surface area contributed by atoms with Crippen LogP contribution in [0.3, 0.4) is 0 Å². The Balaban J connectivity index is 2.14. The molecule has 0 saturated carbocycles. The van der Waals surface area contributed by atoms with Gasteiger partial charge in [-0.15, -0.1) is 0 Å². The lowest BCUT2D eigenvalue weighted by Crippen LogP contribution is -2.32. The second-order valence-electron chi connectivity index (χ2n) is 6.13. The maximum atomic E-state index is 12.5. The van der Waals surface area contributed by atoms with Gasteiger partial charge in [0.2, 0.25) is 5.91 Å². The fourth-order valence-electron chi connectivity index (χ4n) is 2.94. The number of hydrogen-bond donors (Lipinski definition) is 2. The molecule has 6 nitrogen and oxygen atoms in total. The average molecular weight is 321 g/mol. The molecule has 0 aliphatic carbocycles. The van der Waals surface area contributed by atoms with Crippen LogP contribution in [0.15, 0.2) is 37.1 Å². The molecule has 2 aromatic heterocycles. The van der Waals surface area contributed by atoms with Crippen LogP contribution in [0.5, 0.6) is 0 Å². The average Bonchev–Trinajstić information content (AvgIpc) is 2.79. The summed E-state index contributed by atoms with van der Waals surface area (Å²) in [6, 6.07) is 3.59. The van der Waals surface area contributed by atoms with E-state index in [0.29, 0.717) is 34.3 Å². The summed E-state index contributed by atoms with van der Waals surface area (Å²) in [7, 11) is 0. The van der Waals surface area contributed by atoms with E-state index in [9.17, 15) is 4.79 Å². The van der Waals surface area contributed by atoms with Crippen LogP contribution in [0.2, 0.25) is 0 Å². The van der Waals surface area contributed by atoms with Gasteiger partial charge in [-0.25, -0.2) is 15.0 Å². The summed E-state index contributed by atoms with van der Waals surface area (Å²) in [4.78, 5) is 25.6. The predicted octanol–water partition coefficient (Wildman–Crippen LogP) is 2.61. The van der Waals surface area contributed by atoms with E-state index in [1.165, 1.54) is 0 Å². The number of aromatic nitrogens is 3. The summed E-state index contributed by atoms with van der Waals surface area (Å²) < 4.78 is 0. The molecule has 3 rings (SSSR count). The summed E-state index contributed by atoms with van der Waals surface area (Å²) in [5.74, 6) is 1.12. The van der Waals surface area contributed by atoms with Gasteiger partial charge in [-0.3, -0.25) is 4.79 Å². The number of carbonyl (C=O) groups is 1. The van der Waals surface area contributed by atoms with Crippen LogP contribution in [0, 0.1) is 6.92 Å². The van der Waals surface area contributed by atoms with E-state index in [1.54, 1.807) is 12.3 Å². The standard InChI is InChI=1S/C18H19N5O/c1-9(2)18(5)13-11(4)21-15(22-16(13)23-17(18)24)10(3)12-7-6-8-20-14(12)19/h6-8H,1,3H2,2,4-5H3,(H2,19,20)(H,21,22,23,24)/t18-/m0/s1. The van der Waals surface area contributed by atoms with Crippen LogP contribution >= 0.6 is 0 Å². The molecule has 0 aromatic carbocycles. The SMILES string of the molecule is C=C(c1nc(C)c2c(n1)NC(=O)[C@@]2(C)C(=C)C)c1cccnc1N. The lowest BCUT2D eigenvalue weighted by Gasteiger charge is -2.23. The van der Waals surface area contributed by atoms with Crippen molar-refractivity contribution in [1.29, 1.82) is 0 Å². The molecule has 122 valence electrons. The molecule has 3 N–H and O–H groups in total. The van der Waals surface area contributed by atoms with Crippen LogP contribution in [0.25, 0.3) is 5.57 Å². The molecule has 1 amide bonds. The lowest BCUT2D eigenvalue weighted by molar-refractivity contribution is -0.119. The van der Waals surface area contributed by atoms with Gasteiger partial charge in [-0.2, -0.15) is 0 Å². The monoisotopic (exact) mass is 321 g/mol. The maximum absolute atomic E-state index is 12.5. The molecule has 6 heteroatoms. The number of pyridine rings is 1. The first kappa shape index (κ1) is 15.9. The topological polar surface area (TPSA) is 93.8 Å². The van der Waals surface area contributed by atoms with Gasteiger partial charge >= 0.3 is 0 Å². The molecular weight excluding hydrogens is 302 g/mol. The first-order valence-corrected chi connectivity index (χ1v) is 7.53. The van der Waals surface area contributed by atoms with Crippen molar-refractivity contribution in [2.75, 3.05) is 11.1 Å². The van der Waals surface area contributed by atoms with Crippen molar-refractivity contribution < 1.29 is 4.79 Å². The Bertz CT molecular complexity index is 902.